The van der Waals surface area contributed by atoms with E-state index in [0.717, 1.165) is 36.1 Å². The predicted octanol–water partition coefficient (Wildman–Crippen LogP) is 3.39. The Morgan fingerprint density at radius 3 is 2.82 bits per heavy atom. The van der Waals surface area contributed by atoms with Gasteiger partial charge in [0, 0.05) is 21.9 Å². The van der Waals surface area contributed by atoms with Crippen molar-refractivity contribution in [1.82, 2.24) is 0 Å². The van der Waals surface area contributed by atoms with Crippen molar-refractivity contribution in [3.63, 3.8) is 0 Å². The van der Waals surface area contributed by atoms with Crippen LogP contribution in [0.25, 0.3) is 0 Å². The molecule has 0 saturated heterocycles. The van der Waals surface area contributed by atoms with Gasteiger partial charge in [-0.05, 0) is 30.5 Å². The van der Waals surface area contributed by atoms with E-state index in [2.05, 4.69) is 6.08 Å². The van der Waals surface area contributed by atoms with Gasteiger partial charge in [0.1, 0.15) is 6.10 Å². The number of halogens is 1. The van der Waals surface area contributed by atoms with Crippen LogP contribution in [0, 0.1) is 5.21 Å². The van der Waals surface area contributed by atoms with Crippen LogP contribution in [0.15, 0.2) is 35.9 Å². The van der Waals surface area contributed by atoms with Crippen LogP contribution in [-0.2, 0) is 4.84 Å². The molecule has 1 heterocycles. The Hall–Kier alpha value is -1.48. The summed E-state index contributed by atoms with van der Waals surface area (Å²) in [6.45, 7) is 0. The molecule has 0 fully saturated rings. The molecule has 2 aliphatic rings. The van der Waals surface area contributed by atoms with Crippen LogP contribution in [0.5, 0.6) is 0 Å². The molecule has 0 N–H and O–H groups in total. The first-order valence-corrected chi connectivity index (χ1v) is 6.09. The second-order valence-corrected chi connectivity index (χ2v) is 4.73. The highest BCUT2D eigenvalue weighted by Gasteiger charge is 2.35. The maximum Gasteiger partial charge on any atom is 0.249 e. The van der Waals surface area contributed by atoms with Crippen molar-refractivity contribution in [1.29, 1.82) is 0 Å². The highest BCUT2D eigenvalue weighted by Crippen LogP contribution is 2.36. The fourth-order valence-electron chi connectivity index (χ4n) is 2.34. The minimum atomic E-state index is -0.264. The first-order chi connectivity index (χ1) is 8.25. The summed E-state index contributed by atoms with van der Waals surface area (Å²) in [4.78, 5) is 6.03. The minimum Gasteiger partial charge on any atom is -0.390 e. The Labute approximate surface area is 105 Å². The smallest absolute Gasteiger partial charge is 0.249 e. The first kappa shape index (κ1) is 10.7. The SMILES string of the molecule is [O-][N+]1=C2CCCC=C2C(c2ccc(Cl)cc2)O1. The molecule has 17 heavy (non-hydrogen) atoms. The molecule has 1 aliphatic heterocycles. The van der Waals surface area contributed by atoms with E-state index in [0.29, 0.717) is 9.92 Å². The maximum absolute atomic E-state index is 11.6. The third kappa shape index (κ3) is 1.80. The Bertz CT molecular complexity index is 505. The van der Waals surface area contributed by atoms with Gasteiger partial charge in [0.25, 0.3) is 0 Å². The van der Waals surface area contributed by atoms with Crippen LogP contribution >= 0.6 is 11.6 Å². The number of benzene rings is 1. The van der Waals surface area contributed by atoms with Crippen molar-refractivity contribution >= 4 is 17.3 Å². The van der Waals surface area contributed by atoms with Crippen LogP contribution in [-0.4, -0.2) is 10.6 Å². The van der Waals surface area contributed by atoms with Gasteiger partial charge in [-0.25, -0.2) is 0 Å². The van der Waals surface area contributed by atoms with Crippen molar-refractivity contribution in [3.05, 3.63) is 51.7 Å². The molecule has 0 saturated carbocycles. The lowest BCUT2D eigenvalue weighted by Crippen LogP contribution is -2.11. The molecule has 1 aromatic rings. The molecule has 0 bridgehead atoms. The maximum atomic E-state index is 11.6. The minimum absolute atomic E-state index is 0.264. The number of fused-ring (bicyclic) bond motifs is 1. The van der Waals surface area contributed by atoms with E-state index in [4.69, 9.17) is 16.4 Å². The van der Waals surface area contributed by atoms with Gasteiger partial charge in [-0.2, -0.15) is 0 Å². The van der Waals surface area contributed by atoms with Gasteiger partial charge in [-0.3, -0.25) is 5.21 Å². The van der Waals surface area contributed by atoms with Gasteiger partial charge in [-0.15, -0.1) is 0 Å². The van der Waals surface area contributed by atoms with E-state index < -0.39 is 0 Å². The molecule has 3 rings (SSSR count). The number of hydrogen-bond acceptors (Lipinski definition) is 2. The molecule has 0 amide bonds. The molecule has 1 unspecified atom stereocenters. The molecule has 3 nitrogen and oxygen atoms in total. The van der Waals surface area contributed by atoms with E-state index in [1.807, 2.05) is 24.3 Å². The summed E-state index contributed by atoms with van der Waals surface area (Å²) in [5, 5.41) is 12.3. The summed E-state index contributed by atoms with van der Waals surface area (Å²) in [6, 6.07) is 7.44. The van der Waals surface area contributed by atoms with Gasteiger partial charge in [0.2, 0.25) is 5.71 Å². The zero-order valence-corrected chi connectivity index (χ0v) is 9.98. The van der Waals surface area contributed by atoms with E-state index in [-0.39, 0.29) is 6.10 Å². The summed E-state index contributed by atoms with van der Waals surface area (Å²) in [5.74, 6) is 0. The molecule has 0 radical (unpaired) electrons. The number of nitrogens with zero attached hydrogens (tertiary/aromatic N) is 1. The van der Waals surface area contributed by atoms with E-state index in [9.17, 15) is 5.21 Å². The lowest BCUT2D eigenvalue weighted by molar-refractivity contribution is -0.743. The molecular formula is C13H12ClNO2. The molecule has 1 atom stereocenters. The topological polar surface area (TPSA) is 35.3 Å². The summed E-state index contributed by atoms with van der Waals surface area (Å²) < 4.78 is 0. The Morgan fingerprint density at radius 1 is 1.29 bits per heavy atom. The normalized spacial score (nSPS) is 23.1. The second-order valence-electron chi connectivity index (χ2n) is 4.29. The lowest BCUT2D eigenvalue weighted by Gasteiger charge is -2.15. The van der Waals surface area contributed by atoms with Crippen molar-refractivity contribution < 1.29 is 9.74 Å². The van der Waals surface area contributed by atoms with Crippen LogP contribution in [0.1, 0.15) is 30.9 Å². The predicted molar refractivity (Wildman–Crippen MR) is 65.8 cm³/mol. The second kappa shape index (κ2) is 4.08. The molecule has 1 aromatic carbocycles. The van der Waals surface area contributed by atoms with Crippen molar-refractivity contribution in [2.75, 3.05) is 0 Å². The molecule has 1 aliphatic carbocycles. The summed E-state index contributed by atoms with van der Waals surface area (Å²) >= 11 is 5.85. The zero-order chi connectivity index (χ0) is 11.8. The Kier molecular flexibility index (Phi) is 2.56. The first-order valence-electron chi connectivity index (χ1n) is 5.71. The van der Waals surface area contributed by atoms with Gasteiger partial charge in [0.15, 0.2) is 0 Å². The number of allylic oxidation sites excluding steroid dienone is 1. The summed E-state index contributed by atoms with van der Waals surface area (Å²) in [5.41, 5.74) is 2.77. The fraction of sp³-hybridized carbons (Fsp3) is 0.308. The molecule has 4 heteroatoms. The van der Waals surface area contributed by atoms with Gasteiger partial charge < -0.3 is 4.84 Å². The molecule has 0 aromatic heterocycles. The number of hydrogen-bond donors (Lipinski definition) is 0. The van der Waals surface area contributed by atoms with Crippen molar-refractivity contribution in [3.8, 4) is 0 Å². The lowest BCUT2D eigenvalue weighted by atomic mass is 9.91. The molecular weight excluding hydrogens is 238 g/mol. The van der Waals surface area contributed by atoms with Crippen LogP contribution in [0.4, 0.5) is 0 Å². The Balaban J connectivity index is 1.97. The average molecular weight is 250 g/mol. The average Bonchev–Trinajstić information content (AvgIpc) is 2.69. The third-order valence-corrected chi connectivity index (χ3v) is 3.44. The third-order valence-electron chi connectivity index (χ3n) is 3.19. The van der Waals surface area contributed by atoms with Crippen LogP contribution in [0.2, 0.25) is 5.02 Å². The quantitative estimate of drug-likeness (QED) is 0.715. The monoisotopic (exact) mass is 249 g/mol. The molecule has 88 valence electrons. The van der Waals surface area contributed by atoms with E-state index in [1.54, 1.807) is 0 Å². The van der Waals surface area contributed by atoms with Crippen LogP contribution < -0.4 is 0 Å². The summed E-state index contributed by atoms with van der Waals surface area (Å²) in [6.07, 6.45) is 4.68. The zero-order valence-electron chi connectivity index (χ0n) is 9.23. The van der Waals surface area contributed by atoms with Gasteiger partial charge in [0.05, 0.1) is 0 Å². The van der Waals surface area contributed by atoms with Crippen molar-refractivity contribution in [2.24, 2.45) is 0 Å². The number of rotatable bonds is 1. The Morgan fingerprint density at radius 2 is 2.06 bits per heavy atom. The molecule has 0 spiro atoms. The van der Waals surface area contributed by atoms with E-state index >= 15 is 0 Å². The van der Waals surface area contributed by atoms with Gasteiger partial charge >= 0.3 is 0 Å². The van der Waals surface area contributed by atoms with Gasteiger partial charge in [-0.1, -0.05) is 29.8 Å². The highest BCUT2D eigenvalue weighted by atomic mass is 35.5. The van der Waals surface area contributed by atoms with Crippen LogP contribution in [0.3, 0.4) is 0 Å². The standard InChI is InChI=1S/C13H12ClNO2/c14-10-7-5-9(6-8-10)13-11-3-1-2-4-12(11)15(16)17-13/h3,5-8,13H,1-2,4H2. The largest absolute Gasteiger partial charge is 0.390 e. The highest BCUT2D eigenvalue weighted by molar-refractivity contribution is 6.30. The van der Waals surface area contributed by atoms with E-state index in [1.165, 1.54) is 0 Å². The summed E-state index contributed by atoms with van der Waals surface area (Å²) in [7, 11) is 0. The fourth-order valence-corrected chi connectivity index (χ4v) is 2.46. The van der Waals surface area contributed by atoms with Crippen molar-refractivity contribution in [2.45, 2.75) is 25.4 Å².